The molecule has 0 aromatic heterocycles. The molecule has 8 rings (SSSR count). The zero-order chi connectivity index (χ0) is 52.6. The average Bonchev–Trinajstić information content (AvgIpc) is 3.29. The number of benzene rings is 6. The predicted octanol–water partition coefficient (Wildman–Crippen LogP) is 1.50. The predicted molar refractivity (Wildman–Crippen MR) is 247 cm³/mol. The van der Waals surface area contributed by atoms with E-state index >= 15 is 0 Å². The number of hydrazine groups is 2. The van der Waals surface area contributed by atoms with Gasteiger partial charge in [0.1, 0.15) is 9.79 Å². The molecule has 370 valence electrons. The molecule has 0 saturated carbocycles. The van der Waals surface area contributed by atoms with Gasteiger partial charge in [0, 0.05) is 21.5 Å². The van der Waals surface area contributed by atoms with Crippen LogP contribution in [0.5, 0.6) is 0 Å². The first-order valence-electron chi connectivity index (χ1n) is 19.4. The second kappa shape index (κ2) is 17.6. The Morgan fingerprint density at radius 3 is 1.07 bits per heavy atom. The monoisotopic (exact) mass is 1060 g/mol. The van der Waals surface area contributed by atoms with Gasteiger partial charge >= 0.3 is 12.1 Å². The third-order valence-electron chi connectivity index (χ3n) is 10.7. The van der Waals surface area contributed by atoms with E-state index < -0.39 is 140 Å². The van der Waals surface area contributed by atoms with Crippen molar-refractivity contribution in [1.29, 1.82) is 0 Å². The highest BCUT2D eigenvalue weighted by molar-refractivity contribution is 7.86. The van der Waals surface area contributed by atoms with Gasteiger partial charge in [0.05, 0.1) is 55.8 Å². The van der Waals surface area contributed by atoms with Crippen LogP contribution in [-0.2, 0) is 40.5 Å². The van der Waals surface area contributed by atoms with Crippen LogP contribution in [0.3, 0.4) is 0 Å². The Labute approximate surface area is 402 Å². The number of nitrogens with zero attached hydrogens (tertiary/aromatic N) is 4. The summed E-state index contributed by atoms with van der Waals surface area (Å²) in [6.07, 6.45) is 2.35. The Hall–Kier alpha value is -8.76. The molecule has 6 aromatic rings. The number of hydrogen-bond acceptors (Lipinski definition) is 18. The minimum absolute atomic E-state index is 0.115. The largest absolute Gasteiger partial charge is 0.397 e. The number of hydrogen-bond donors (Lipinski definition) is 10. The quantitative estimate of drug-likeness (QED) is 0.0289. The summed E-state index contributed by atoms with van der Waals surface area (Å²) in [5, 5.41) is 6.12. The normalized spacial score (nSPS) is 14.2. The first-order chi connectivity index (χ1) is 33.5. The lowest BCUT2D eigenvalue weighted by molar-refractivity contribution is 0.0530. The van der Waals surface area contributed by atoms with E-state index in [0.29, 0.717) is 58.7 Å². The fourth-order valence-electron chi connectivity index (χ4n) is 7.44. The molecule has 32 heteroatoms. The van der Waals surface area contributed by atoms with E-state index in [1.54, 1.807) is 48.5 Å². The maximum absolute atomic E-state index is 13.4. The van der Waals surface area contributed by atoms with Crippen molar-refractivity contribution < 1.29 is 80.6 Å². The molecule has 28 nitrogen and oxygen atoms in total. The molecule has 0 radical (unpaired) electrons. The Morgan fingerprint density at radius 2 is 0.778 bits per heavy atom. The van der Waals surface area contributed by atoms with E-state index in [0.717, 1.165) is 0 Å². The number of nitrogen functional groups attached to an aromatic ring is 2. The first-order valence-corrected chi connectivity index (χ1v) is 25.2. The van der Waals surface area contributed by atoms with Gasteiger partial charge in [0.25, 0.3) is 64.1 Å². The molecule has 0 unspecified atom stereocenters. The van der Waals surface area contributed by atoms with Gasteiger partial charge in [-0.1, -0.05) is 48.5 Å². The summed E-state index contributed by atoms with van der Waals surface area (Å²) in [5.74, 6) is -5.25. The summed E-state index contributed by atoms with van der Waals surface area (Å²) in [4.78, 5) is 75.3. The Balaban J connectivity index is 0.891. The number of hydrazone groups is 2. The molecule has 2 aliphatic rings. The number of amides is 8. The van der Waals surface area contributed by atoms with Crippen LogP contribution in [0.4, 0.5) is 21.0 Å². The molecule has 12 N–H and O–H groups in total. The lowest BCUT2D eigenvalue weighted by Crippen LogP contribution is -2.53. The number of nitrogens with one attached hydrogen (secondary N) is 4. The summed E-state index contributed by atoms with van der Waals surface area (Å²) >= 11 is 0. The fraction of sp³-hybridized carbons (Fsp3) is 0. The SMILES string of the molecule is Nc1c(S(=O)(=O)O)cc2c3c(cc(S(=O)(=O)O)cc13)C(=O)N(NC(=O)N/N=C/c1ccc(-c3ccc(/C=N/NC(=O)NN4C(=O)c5cc(S(=O)(=O)O)cc6c(N)c(S(=O)(=O)O)cc(c56)C4=O)cc3)cc1)C2=O. The van der Waals surface area contributed by atoms with Gasteiger partial charge in [0.15, 0.2) is 0 Å². The molecule has 0 bridgehead atoms. The van der Waals surface area contributed by atoms with Crippen LogP contribution >= 0.6 is 0 Å². The highest BCUT2D eigenvalue weighted by Crippen LogP contribution is 2.40. The van der Waals surface area contributed by atoms with Gasteiger partial charge in [-0.25, -0.2) is 31.3 Å². The van der Waals surface area contributed by atoms with Crippen molar-refractivity contribution >= 4 is 122 Å². The molecule has 8 amide bonds. The number of carbonyl (C=O) groups excluding carboxylic acids is 6. The zero-order valence-corrected chi connectivity index (χ0v) is 38.6. The molecule has 6 aromatic carbocycles. The number of imide groups is 2. The molecular weight excluding hydrogens is 1040 g/mol. The van der Waals surface area contributed by atoms with Crippen molar-refractivity contribution in [2.45, 2.75) is 19.6 Å². The van der Waals surface area contributed by atoms with Gasteiger partial charge in [-0.2, -0.15) is 53.9 Å². The second-order valence-electron chi connectivity index (χ2n) is 15.1. The van der Waals surface area contributed by atoms with Crippen LogP contribution < -0.4 is 33.2 Å². The molecule has 0 fully saturated rings. The minimum atomic E-state index is -5.14. The summed E-state index contributed by atoms with van der Waals surface area (Å²) in [5.41, 5.74) is 18.0. The lowest BCUT2D eigenvalue weighted by Gasteiger charge is -2.28. The van der Waals surface area contributed by atoms with Crippen LogP contribution in [0.15, 0.2) is 115 Å². The smallest absolute Gasteiger partial charge is 0.354 e. The molecule has 0 aliphatic carbocycles. The van der Waals surface area contributed by atoms with E-state index in [4.69, 9.17) is 11.5 Å². The van der Waals surface area contributed by atoms with E-state index in [9.17, 15) is 80.6 Å². The highest BCUT2D eigenvalue weighted by Gasteiger charge is 2.40. The summed E-state index contributed by atoms with van der Waals surface area (Å²) < 4.78 is 135. The van der Waals surface area contributed by atoms with Crippen molar-refractivity contribution in [3.63, 3.8) is 0 Å². The summed E-state index contributed by atoms with van der Waals surface area (Å²) in [7, 11) is -20.4. The highest BCUT2D eigenvalue weighted by atomic mass is 32.2. The van der Waals surface area contributed by atoms with Gasteiger partial charge < -0.3 is 11.5 Å². The van der Waals surface area contributed by atoms with Crippen LogP contribution in [-0.4, -0.2) is 110 Å². The van der Waals surface area contributed by atoms with Crippen molar-refractivity contribution in [1.82, 2.24) is 31.7 Å². The maximum atomic E-state index is 13.4. The number of rotatable bonds is 11. The maximum Gasteiger partial charge on any atom is 0.354 e. The van der Waals surface area contributed by atoms with Crippen LogP contribution in [0.1, 0.15) is 52.6 Å². The third-order valence-corrected chi connectivity index (χ3v) is 14.1. The topological polar surface area (TPSA) is 451 Å². The average molecular weight is 1060 g/mol. The second-order valence-corrected chi connectivity index (χ2v) is 20.7. The van der Waals surface area contributed by atoms with E-state index in [2.05, 4.69) is 10.2 Å². The molecule has 0 atom stereocenters. The van der Waals surface area contributed by atoms with Crippen molar-refractivity contribution in [3.05, 3.63) is 118 Å². The van der Waals surface area contributed by atoms with Crippen LogP contribution in [0.2, 0.25) is 0 Å². The molecular formula is C40H28N10O18S4. The Bertz CT molecular complexity index is 3710. The zero-order valence-electron chi connectivity index (χ0n) is 35.3. The fourth-order valence-corrected chi connectivity index (χ4v) is 9.82. The van der Waals surface area contributed by atoms with E-state index in [1.807, 2.05) is 21.7 Å². The third kappa shape index (κ3) is 9.22. The van der Waals surface area contributed by atoms with Crippen molar-refractivity contribution in [2.24, 2.45) is 10.2 Å². The van der Waals surface area contributed by atoms with Gasteiger partial charge in [-0.3, -0.25) is 37.4 Å². The van der Waals surface area contributed by atoms with Crippen LogP contribution in [0.25, 0.3) is 32.7 Å². The Kier molecular flexibility index (Phi) is 12.1. The summed E-state index contributed by atoms with van der Waals surface area (Å²) in [6, 6.07) is 14.4. The lowest BCUT2D eigenvalue weighted by atomic mass is 9.93. The van der Waals surface area contributed by atoms with E-state index in [-0.39, 0.29) is 20.8 Å². The molecule has 0 spiro atoms. The number of anilines is 2. The van der Waals surface area contributed by atoms with E-state index in [1.165, 1.54) is 12.4 Å². The number of carbonyl (C=O) groups is 6. The summed E-state index contributed by atoms with van der Waals surface area (Å²) in [6.45, 7) is 0. The minimum Gasteiger partial charge on any atom is -0.397 e. The molecule has 72 heavy (non-hydrogen) atoms. The Morgan fingerprint density at radius 1 is 0.472 bits per heavy atom. The standard InChI is InChI=1S/C40H28N10O18S4/c41-33-23-9-21(69(57,58)59)11-25-31(23)27(13-29(33)71(63,64)65)37(53)49(35(25)51)47-39(55)45-43-15-17-1-5-19(6-2-17)20-7-3-18(4-8-20)16-44-46-40(56)48-50-36(52)26-12-22(70(60,61)62)10-24-32(26)28(38(50)54)14-30(34(24)42)72(66,67)68/h1-16H,41-42H2,(H2,45,47,55)(H2,46,48,56)(H,57,58,59)(H,60,61,62)(H,63,64,65)(H,66,67,68)/b43-15+,44-16+. The van der Waals surface area contributed by atoms with Gasteiger partial charge in [-0.15, -0.1) is 0 Å². The molecule has 2 aliphatic heterocycles. The number of urea groups is 2. The molecule has 0 saturated heterocycles. The van der Waals surface area contributed by atoms with Crippen molar-refractivity contribution in [3.8, 4) is 11.1 Å². The van der Waals surface area contributed by atoms with Gasteiger partial charge in [0.2, 0.25) is 0 Å². The van der Waals surface area contributed by atoms with Crippen molar-refractivity contribution in [2.75, 3.05) is 11.5 Å². The van der Waals surface area contributed by atoms with Gasteiger partial charge in [-0.05, 0) is 58.7 Å². The number of nitrogens with two attached hydrogens (primary N) is 2. The van der Waals surface area contributed by atoms with Crippen LogP contribution in [0, 0.1) is 0 Å². The first kappa shape index (κ1) is 49.7. The molecule has 2 heterocycles.